The number of hydrogen-bond donors (Lipinski definition) is 0. The highest BCUT2D eigenvalue weighted by Gasteiger charge is 2.27. The van der Waals surface area contributed by atoms with E-state index in [4.69, 9.17) is 4.74 Å². The van der Waals surface area contributed by atoms with Crippen molar-refractivity contribution in [2.75, 3.05) is 33.3 Å². The van der Waals surface area contributed by atoms with Crippen molar-refractivity contribution in [2.45, 2.75) is 13.2 Å². The fourth-order valence-electron chi connectivity index (χ4n) is 3.06. The van der Waals surface area contributed by atoms with Crippen molar-refractivity contribution in [3.05, 3.63) is 53.9 Å². The number of alkyl halides is 2. The van der Waals surface area contributed by atoms with Gasteiger partial charge in [-0.1, -0.05) is 12.1 Å². The average Bonchev–Trinajstić information content (AvgIpc) is 2.68. The van der Waals surface area contributed by atoms with Gasteiger partial charge in [0.1, 0.15) is 0 Å². The second kappa shape index (κ2) is 8.77. The van der Waals surface area contributed by atoms with E-state index in [-0.39, 0.29) is 23.0 Å². The number of benzene rings is 1. The summed E-state index contributed by atoms with van der Waals surface area (Å²) >= 11 is 0. The molecule has 1 saturated heterocycles. The normalized spacial score (nSPS) is 15.0. The fraction of sp³-hybridized carbons (Fsp3) is 0.368. The molecule has 0 saturated carbocycles. The molecule has 144 valence electrons. The molecule has 2 heterocycles. The minimum atomic E-state index is -3.04. The van der Waals surface area contributed by atoms with Crippen molar-refractivity contribution in [3.63, 3.8) is 0 Å². The molecular weight excluding hydrogens is 356 g/mol. The van der Waals surface area contributed by atoms with Crippen LogP contribution in [0.2, 0.25) is 0 Å². The van der Waals surface area contributed by atoms with Crippen LogP contribution in [0.4, 0.5) is 8.78 Å². The van der Waals surface area contributed by atoms with Gasteiger partial charge in [-0.25, -0.2) is 0 Å². The molecule has 0 unspecified atom stereocenters. The number of halogens is 2. The third kappa shape index (κ3) is 4.71. The number of amides is 1. The first-order valence-electron chi connectivity index (χ1n) is 8.62. The molecule has 1 aliphatic heterocycles. The molecule has 6 nitrogen and oxygen atoms in total. The van der Waals surface area contributed by atoms with E-state index in [2.05, 4.69) is 14.6 Å². The molecule has 1 amide bonds. The standard InChI is InChI=1S/C19H21F2N3O3/c1-26-16-7-4-6-15(17(16)27-19(20)21)18(25)24-11-9-23(10-12-24)13-14-5-2-3-8-22-14/h2-8,19H,9-13H2,1H3. The summed E-state index contributed by atoms with van der Waals surface area (Å²) in [6, 6.07) is 10.3. The Kier molecular flexibility index (Phi) is 6.18. The SMILES string of the molecule is COc1cccc(C(=O)N2CCN(Cc3ccccn3)CC2)c1OC(F)F. The van der Waals surface area contributed by atoms with Gasteiger partial charge < -0.3 is 14.4 Å². The van der Waals surface area contributed by atoms with Crippen LogP contribution in [0.1, 0.15) is 16.1 Å². The lowest BCUT2D eigenvalue weighted by molar-refractivity contribution is -0.0517. The maximum absolute atomic E-state index is 12.8. The van der Waals surface area contributed by atoms with E-state index in [1.807, 2.05) is 18.2 Å². The van der Waals surface area contributed by atoms with Gasteiger partial charge in [0, 0.05) is 38.9 Å². The number of rotatable bonds is 6. The van der Waals surface area contributed by atoms with E-state index in [9.17, 15) is 13.6 Å². The Bertz CT molecular complexity index is 766. The van der Waals surface area contributed by atoms with Crippen LogP contribution < -0.4 is 9.47 Å². The summed E-state index contributed by atoms with van der Waals surface area (Å²) < 4.78 is 35.1. The third-order valence-electron chi connectivity index (χ3n) is 4.41. The van der Waals surface area contributed by atoms with Gasteiger partial charge in [-0.3, -0.25) is 14.7 Å². The zero-order valence-electron chi connectivity index (χ0n) is 15.0. The molecule has 27 heavy (non-hydrogen) atoms. The Balaban J connectivity index is 1.67. The molecule has 1 aromatic heterocycles. The molecule has 1 aromatic carbocycles. The molecule has 0 aliphatic carbocycles. The first kappa shape index (κ1) is 19.0. The summed E-state index contributed by atoms with van der Waals surface area (Å²) in [6.07, 6.45) is 1.75. The molecular formula is C19H21F2N3O3. The molecule has 0 spiro atoms. The molecule has 8 heteroatoms. The van der Waals surface area contributed by atoms with Crippen molar-refractivity contribution in [3.8, 4) is 11.5 Å². The predicted molar refractivity (Wildman–Crippen MR) is 95.0 cm³/mol. The van der Waals surface area contributed by atoms with Crippen LogP contribution in [0.25, 0.3) is 0 Å². The molecule has 2 aromatic rings. The van der Waals surface area contributed by atoms with Crippen molar-refractivity contribution in [1.29, 1.82) is 0 Å². The number of nitrogens with zero attached hydrogens (tertiary/aromatic N) is 3. The summed E-state index contributed by atoms with van der Waals surface area (Å²) in [5.74, 6) is -0.465. The molecule has 0 atom stereocenters. The number of methoxy groups -OCH3 is 1. The van der Waals surface area contributed by atoms with Gasteiger partial charge in [0.25, 0.3) is 5.91 Å². The van der Waals surface area contributed by atoms with Crippen LogP contribution in [0.3, 0.4) is 0 Å². The largest absolute Gasteiger partial charge is 0.493 e. The summed E-state index contributed by atoms with van der Waals surface area (Å²) in [4.78, 5) is 21.0. The highest BCUT2D eigenvalue weighted by Crippen LogP contribution is 2.33. The molecule has 1 aliphatic rings. The Morgan fingerprint density at radius 1 is 1.15 bits per heavy atom. The lowest BCUT2D eigenvalue weighted by atomic mass is 10.1. The number of carbonyl (C=O) groups is 1. The average molecular weight is 377 g/mol. The first-order chi connectivity index (χ1) is 13.1. The summed E-state index contributed by atoms with van der Waals surface area (Å²) in [7, 11) is 1.35. The van der Waals surface area contributed by atoms with Gasteiger partial charge in [-0.2, -0.15) is 8.78 Å². The minimum absolute atomic E-state index is 0.0767. The lowest BCUT2D eigenvalue weighted by Crippen LogP contribution is -2.48. The highest BCUT2D eigenvalue weighted by atomic mass is 19.3. The number of carbonyl (C=O) groups excluding carboxylic acids is 1. The second-order valence-electron chi connectivity index (χ2n) is 6.10. The highest BCUT2D eigenvalue weighted by molar-refractivity contribution is 5.98. The smallest absolute Gasteiger partial charge is 0.387 e. The molecule has 0 N–H and O–H groups in total. The molecule has 0 radical (unpaired) electrons. The fourth-order valence-corrected chi connectivity index (χ4v) is 3.06. The van der Waals surface area contributed by atoms with E-state index in [1.165, 1.54) is 19.2 Å². The van der Waals surface area contributed by atoms with Crippen LogP contribution in [-0.4, -0.2) is 60.6 Å². The number of aromatic nitrogens is 1. The van der Waals surface area contributed by atoms with Crippen LogP contribution in [0.15, 0.2) is 42.6 Å². The number of pyridine rings is 1. The number of piperazine rings is 1. The van der Waals surface area contributed by atoms with Gasteiger partial charge in [-0.15, -0.1) is 0 Å². The number of hydrogen-bond acceptors (Lipinski definition) is 5. The van der Waals surface area contributed by atoms with Crippen LogP contribution >= 0.6 is 0 Å². The summed E-state index contributed by atoms with van der Waals surface area (Å²) in [5.41, 5.74) is 1.05. The summed E-state index contributed by atoms with van der Waals surface area (Å²) in [5, 5.41) is 0. The molecule has 0 bridgehead atoms. The van der Waals surface area contributed by atoms with Gasteiger partial charge in [0.05, 0.1) is 18.4 Å². The minimum Gasteiger partial charge on any atom is -0.493 e. The Hall–Kier alpha value is -2.74. The molecule has 3 rings (SSSR count). The van der Waals surface area contributed by atoms with Crippen LogP contribution in [0.5, 0.6) is 11.5 Å². The topological polar surface area (TPSA) is 54.9 Å². The first-order valence-corrected chi connectivity index (χ1v) is 8.62. The lowest BCUT2D eigenvalue weighted by Gasteiger charge is -2.34. The van der Waals surface area contributed by atoms with Gasteiger partial charge >= 0.3 is 6.61 Å². The Morgan fingerprint density at radius 2 is 1.93 bits per heavy atom. The van der Waals surface area contributed by atoms with E-state index in [0.29, 0.717) is 32.7 Å². The van der Waals surface area contributed by atoms with E-state index in [1.54, 1.807) is 17.2 Å². The van der Waals surface area contributed by atoms with Crippen molar-refractivity contribution >= 4 is 5.91 Å². The van der Waals surface area contributed by atoms with Crippen LogP contribution in [0, 0.1) is 0 Å². The monoisotopic (exact) mass is 377 g/mol. The van der Waals surface area contributed by atoms with Gasteiger partial charge in [-0.05, 0) is 24.3 Å². The van der Waals surface area contributed by atoms with E-state index < -0.39 is 6.61 Å². The number of para-hydroxylation sites is 1. The van der Waals surface area contributed by atoms with Gasteiger partial charge in [0.2, 0.25) is 0 Å². The van der Waals surface area contributed by atoms with E-state index in [0.717, 1.165) is 5.69 Å². The zero-order valence-corrected chi connectivity index (χ0v) is 15.0. The van der Waals surface area contributed by atoms with Crippen LogP contribution in [-0.2, 0) is 6.54 Å². The Labute approximate surface area is 156 Å². The Morgan fingerprint density at radius 3 is 2.56 bits per heavy atom. The second-order valence-corrected chi connectivity index (χ2v) is 6.10. The maximum atomic E-state index is 12.8. The van der Waals surface area contributed by atoms with Crippen molar-refractivity contribution < 1.29 is 23.0 Å². The zero-order chi connectivity index (χ0) is 19.2. The van der Waals surface area contributed by atoms with E-state index >= 15 is 0 Å². The summed E-state index contributed by atoms with van der Waals surface area (Å²) in [6.45, 7) is 0.0211. The maximum Gasteiger partial charge on any atom is 0.387 e. The van der Waals surface area contributed by atoms with Crippen molar-refractivity contribution in [1.82, 2.24) is 14.8 Å². The van der Waals surface area contributed by atoms with Gasteiger partial charge in [0.15, 0.2) is 11.5 Å². The van der Waals surface area contributed by atoms with Crippen molar-refractivity contribution in [2.24, 2.45) is 0 Å². The third-order valence-corrected chi connectivity index (χ3v) is 4.41. The quantitative estimate of drug-likeness (QED) is 0.775. The molecule has 1 fully saturated rings. The predicted octanol–water partition coefficient (Wildman–Crippen LogP) is 2.65. The number of ether oxygens (including phenoxy) is 2.